The molecule has 0 spiro atoms. The van der Waals surface area contributed by atoms with Crippen LogP contribution in [-0.2, 0) is 11.3 Å². The number of carbonyl (C=O) groups excluding carboxylic acids is 1. The van der Waals surface area contributed by atoms with E-state index in [-0.39, 0.29) is 31.0 Å². The Morgan fingerprint density at radius 1 is 1.37 bits per heavy atom. The zero-order chi connectivity index (χ0) is 13.1. The first-order chi connectivity index (χ1) is 8.58. The first-order valence-corrected chi connectivity index (χ1v) is 5.99. The molecule has 3 N–H and O–H groups in total. The molecule has 1 amide bonds. The molecule has 1 aromatic carbocycles. The maximum atomic E-state index is 11.7. The number of halogens is 1. The number of nitrogens with one attached hydrogen (secondary N) is 1. The van der Waals surface area contributed by atoms with E-state index in [1.165, 1.54) is 0 Å². The number of hydrogen-bond acceptors (Lipinski definition) is 4. The van der Waals surface area contributed by atoms with Gasteiger partial charge in [0.25, 0.3) is 0 Å². The molecule has 0 saturated heterocycles. The largest absolute Gasteiger partial charge is 0.454 e. The predicted octanol–water partition coefficient (Wildman–Crippen LogP) is 1.44. The molecule has 0 fully saturated rings. The van der Waals surface area contributed by atoms with E-state index in [1.54, 1.807) is 0 Å². The highest BCUT2D eigenvalue weighted by Crippen LogP contribution is 2.32. The van der Waals surface area contributed by atoms with E-state index in [2.05, 4.69) is 5.32 Å². The standard InChI is InChI=1S/C13H18N2O3.ClH/c1-8(2)12(14)13(16)15-6-9-3-4-10-11(5-9)18-7-17-10;/h3-5,8,12H,6-7,14H2,1-2H3,(H,15,16);1H/t12-;/m1./s1. The minimum absolute atomic E-state index is 0. The molecule has 6 heteroatoms. The summed E-state index contributed by atoms with van der Waals surface area (Å²) < 4.78 is 10.5. The highest BCUT2D eigenvalue weighted by Gasteiger charge is 2.17. The van der Waals surface area contributed by atoms with Gasteiger partial charge in [-0.1, -0.05) is 19.9 Å². The van der Waals surface area contributed by atoms with Crippen molar-refractivity contribution in [3.63, 3.8) is 0 Å². The molecule has 1 aliphatic heterocycles. The fraction of sp³-hybridized carbons (Fsp3) is 0.462. The molecular weight excluding hydrogens is 268 g/mol. The summed E-state index contributed by atoms with van der Waals surface area (Å²) in [4.78, 5) is 11.7. The zero-order valence-corrected chi connectivity index (χ0v) is 11.8. The summed E-state index contributed by atoms with van der Waals surface area (Å²) >= 11 is 0. The number of hydrogen-bond donors (Lipinski definition) is 2. The molecule has 0 radical (unpaired) electrons. The molecule has 1 aromatic rings. The van der Waals surface area contributed by atoms with Crippen LogP contribution in [0, 0.1) is 5.92 Å². The van der Waals surface area contributed by atoms with Crippen LogP contribution < -0.4 is 20.5 Å². The first-order valence-electron chi connectivity index (χ1n) is 5.99. The highest BCUT2D eigenvalue weighted by molar-refractivity contribution is 5.85. The summed E-state index contributed by atoms with van der Waals surface area (Å²) in [5.41, 5.74) is 6.72. The number of ether oxygens (including phenoxy) is 2. The molecule has 1 atom stereocenters. The first kappa shape index (κ1) is 15.6. The van der Waals surface area contributed by atoms with Gasteiger partial charge in [-0.3, -0.25) is 4.79 Å². The summed E-state index contributed by atoms with van der Waals surface area (Å²) in [6, 6.07) is 5.13. The fourth-order valence-electron chi connectivity index (χ4n) is 1.66. The average Bonchev–Trinajstić information content (AvgIpc) is 2.82. The lowest BCUT2D eigenvalue weighted by Crippen LogP contribution is -2.43. The molecule has 1 aliphatic rings. The number of carbonyl (C=O) groups is 1. The second-order valence-corrected chi connectivity index (χ2v) is 4.68. The molecule has 1 heterocycles. The molecule has 5 nitrogen and oxygen atoms in total. The Balaban J connectivity index is 0.00000180. The number of amides is 1. The van der Waals surface area contributed by atoms with E-state index in [0.717, 1.165) is 17.1 Å². The van der Waals surface area contributed by atoms with Gasteiger partial charge in [0.05, 0.1) is 6.04 Å². The Hall–Kier alpha value is -1.46. The van der Waals surface area contributed by atoms with Crippen LogP contribution in [-0.4, -0.2) is 18.7 Å². The molecular formula is C13H19ClN2O3. The normalized spacial score (nSPS) is 13.9. The third kappa shape index (κ3) is 3.75. The van der Waals surface area contributed by atoms with Gasteiger partial charge in [0.1, 0.15) is 0 Å². The van der Waals surface area contributed by atoms with Gasteiger partial charge in [-0.15, -0.1) is 12.4 Å². The lowest BCUT2D eigenvalue weighted by molar-refractivity contribution is -0.123. The van der Waals surface area contributed by atoms with Crippen molar-refractivity contribution in [2.75, 3.05) is 6.79 Å². The van der Waals surface area contributed by atoms with Crippen LogP contribution in [0.2, 0.25) is 0 Å². The van der Waals surface area contributed by atoms with Crippen molar-refractivity contribution in [1.29, 1.82) is 0 Å². The molecule has 106 valence electrons. The highest BCUT2D eigenvalue weighted by atomic mass is 35.5. The van der Waals surface area contributed by atoms with Crippen molar-refractivity contribution >= 4 is 18.3 Å². The van der Waals surface area contributed by atoms with Crippen molar-refractivity contribution in [3.05, 3.63) is 23.8 Å². The SMILES string of the molecule is CC(C)[C@@H](N)C(=O)NCc1ccc2c(c1)OCO2.Cl. The van der Waals surface area contributed by atoms with Crippen LogP contribution in [0.5, 0.6) is 11.5 Å². The Morgan fingerprint density at radius 2 is 2.05 bits per heavy atom. The Labute approximate surface area is 118 Å². The minimum Gasteiger partial charge on any atom is -0.454 e. The van der Waals surface area contributed by atoms with Crippen molar-refractivity contribution in [2.24, 2.45) is 11.7 Å². The monoisotopic (exact) mass is 286 g/mol. The minimum atomic E-state index is -0.473. The zero-order valence-electron chi connectivity index (χ0n) is 11.0. The molecule has 0 aliphatic carbocycles. The number of nitrogens with two attached hydrogens (primary N) is 1. The van der Waals surface area contributed by atoms with E-state index in [9.17, 15) is 4.79 Å². The van der Waals surface area contributed by atoms with Gasteiger partial charge in [-0.2, -0.15) is 0 Å². The Morgan fingerprint density at radius 3 is 2.74 bits per heavy atom. The van der Waals surface area contributed by atoms with Crippen molar-refractivity contribution < 1.29 is 14.3 Å². The quantitative estimate of drug-likeness (QED) is 0.878. The van der Waals surface area contributed by atoms with Crippen molar-refractivity contribution in [3.8, 4) is 11.5 Å². The van der Waals surface area contributed by atoms with Crippen LogP contribution in [0.25, 0.3) is 0 Å². The lowest BCUT2D eigenvalue weighted by atomic mass is 10.0. The van der Waals surface area contributed by atoms with E-state index in [4.69, 9.17) is 15.2 Å². The molecule has 0 bridgehead atoms. The Kier molecular flexibility index (Phi) is 5.44. The van der Waals surface area contributed by atoms with E-state index < -0.39 is 6.04 Å². The maximum absolute atomic E-state index is 11.7. The smallest absolute Gasteiger partial charge is 0.237 e. The summed E-state index contributed by atoms with van der Waals surface area (Å²) in [7, 11) is 0. The van der Waals surface area contributed by atoms with Gasteiger partial charge in [-0.25, -0.2) is 0 Å². The summed E-state index contributed by atoms with van der Waals surface area (Å²) in [5.74, 6) is 1.45. The number of benzene rings is 1. The predicted molar refractivity (Wildman–Crippen MR) is 74.5 cm³/mol. The van der Waals surface area contributed by atoms with Crippen LogP contribution in [0.3, 0.4) is 0 Å². The van der Waals surface area contributed by atoms with Crippen LogP contribution in [0.1, 0.15) is 19.4 Å². The van der Waals surface area contributed by atoms with Gasteiger partial charge in [-0.05, 0) is 23.6 Å². The van der Waals surface area contributed by atoms with Crippen LogP contribution in [0.15, 0.2) is 18.2 Å². The van der Waals surface area contributed by atoms with Gasteiger partial charge >= 0.3 is 0 Å². The second kappa shape index (κ2) is 6.63. The number of rotatable bonds is 4. The van der Waals surface area contributed by atoms with E-state index in [0.29, 0.717) is 6.54 Å². The molecule has 0 unspecified atom stereocenters. The van der Waals surface area contributed by atoms with Gasteiger partial charge in [0.2, 0.25) is 12.7 Å². The van der Waals surface area contributed by atoms with E-state index in [1.807, 2.05) is 32.0 Å². The topological polar surface area (TPSA) is 73.6 Å². The summed E-state index contributed by atoms with van der Waals surface area (Å²) in [5, 5.41) is 2.81. The van der Waals surface area contributed by atoms with Crippen LogP contribution >= 0.6 is 12.4 Å². The van der Waals surface area contributed by atoms with Gasteiger partial charge < -0.3 is 20.5 Å². The fourth-order valence-corrected chi connectivity index (χ4v) is 1.66. The van der Waals surface area contributed by atoms with Crippen LogP contribution in [0.4, 0.5) is 0 Å². The third-order valence-corrected chi connectivity index (χ3v) is 2.92. The summed E-state index contributed by atoms with van der Waals surface area (Å²) in [6.45, 7) is 4.54. The van der Waals surface area contributed by atoms with Gasteiger partial charge in [0, 0.05) is 6.54 Å². The maximum Gasteiger partial charge on any atom is 0.237 e. The molecule has 0 saturated carbocycles. The second-order valence-electron chi connectivity index (χ2n) is 4.68. The third-order valence-electron chi connectivity index (χ3n) is 2.92. The Bertz CT molecular complexity index is 452. The van der Waals surface area contributed by atoms with Crippen molar-refractivity contribution in [1.82, 2.24) is 5.32 Å². The molecule has 2 rings (SSSR count). The summed E-state index contributed by atoms with van der Waals surface area (Å²) in [6.07, 6.45) is 0. The van der Waals surface area contributed by atoms with Crippen molar-refractivity contribution in [2.45, 2.75) is 26.4 Å². The molecule has 19 heavy (non-hydrogen) atoms. The van der Waals surface area contributed by atoms with E-state index >= 15 is 0 Å². The van der Waals surface area contributed by atoms with Gasteiger partial charge in [0.15, 0.2) is 11.5 Å². The lowest BCUT2D eigenvalue weighted by Gasteiger charge is -2.15. The molecule has 0 aromatic heterocycles. The number of fused-ring (bicyclic) bond motifs is 1. The average molecular weight is 287 g/mol.